The van der Waals surface area contributed by atoms with Crippen molar-refractivity contribution in [3.63, 3.8) is 0 Å². The van der Waals surface area contributed by atoms with Crippen molar-refractivity contribution < 1.29 is 9.53 Å². The Labute approximate surface area is 122 Å². The molecule has 0 fully saturated rings. The fraction of sp³-hybridized carbons (Fsp3) is 0.286. The van der Waals surface area contributed by atoms with Crippen molar-refractivity contribution in [2.24, 2.45) is 0 Å². The molecular weight excluding hydrogens is 274 g/mol. The molecule has 0 aliphatic rings. The van der Waals surface area contributed by atoms with Crippen molar-refractivity contribution in [1.82, 2.24) is 10.3 Å². The predicted octanol–water partition coefficient (Wildman–Crippen LogP) is 3.09. The first-order valence-corrected chi connectivity index (χ1v) is 7.02. The number of carbonyl (C=O) groups is 1. The van der Waals surface area contributed by atoms with Crippen molar-refractivity contribution in [1.29, 1.82) is 0 Å². The topological polar surface area (TPSA) is 63.2 Å². The van der Waals surface area contributed by atoms with Crippen LogP contribution in [-0.4, -0.2) is 18.1 Å². The SMILES string of the molecule is COc1ccc(CNC(=O)Nc2nc(C)c(C)s2)cc1. The number of nitrogens with zero attached hydrogens (tertiary/aromatic N) is 1. The second-order valence-corrected chi connectivity index (χ2v) is 5.52. The molecule has 0 atom stereocenters. The second-order valence-electron chi connectivity index (χ2n) is 4.32. The molecule has 0 unspecified atom stereocenters. The lowest BCUT2D eigenvalue weighted by Gasteiger charge is -2.06. The van der Waals surface area contributed by atoms with Crippen LogP contribution in [0.2, 0.25) is 0 Å². The largest absolute Gasteiger partial charge is 0.497 e. The van der Waals surface area contributed by atoms with E-state index in [1.165, 1.54) is 11.3 Å². The molecule has 0 spiro atoms. The smallest absolute Gasteiger partial charge is 0.321 e. The predicted molar refractivity (Wildman–Crippen MR) is 80.4 cm³/mol. The summed E-state index contributed by atoms with van der Waals surface area (Å²) in [4.78, 5) is 17.1. The van der Waals surface area contributed by atoms with E-state index in [-0.39, 0.29) is 6.03 Å². The molecule has 5 nitrogen and oxygen atoms in total. The number of carbonyl (C=O) groups excluding carboxylic acids is 1. The first-order chi connectivity index (χ1) is 9.58. The number of urea groups is 1. The summed E-state index contributed by atoms with van der Waals surface area (Å²) < 4.78 is 5.08. The molecule has 0 aliphatic heterocycles. The lowest BCUT2D eigenvalue weighted by Crippen LogP contribution is -2.28. The fourth-order valence-corrected chi connectivity index (χ4v) is 2.40. The van der Waals surface area contributed by atoms with Crippen LogP contribution < -0.4 is 15.4 Å². The Hall–Kier alpha value is -2.08. The maximum absolute atomic E-state index is 11.7. The zero-order chi connectivity index (χ0) is 14.5. The van der Waals surface area contributed by atoms with Crippen LogP contribution in [0.1, 0.15) is 16.1 Å². The summed E-state index contributed by atoms with van der Waals surface area (Å²) in [5, 5.41) is 6.14. The van der Waals surface area contributed by atoms with Gasteiger partial charge in [-0.05, 0) is 31.5 Å². The van der Waals surface area contributed by atoms with Gasteiger partial charge >= 0.3 is 6.03 Å². The molecule has 0 bridgehead atoms. The van der Waals surface area contributed by atoms with Gasteiger partial charge < -0.3 is 10.1 Å². The van der Waals surface area contributed by atoms with E-state index in [1.54, 1.807) is 7.11 Å². The molecule has 6 heteroatoms. The minimum Gasteiger partial charge on any atom is -0.497 e. The van der Waals surface area contributed by atoms with Gasteiger partial charge in [-0.3, -0.25) is 5.32 Å². The summed E-state index contributed by atoms with van der Waals surface area (Å²) in [6.07, 6.45) is 0. The van der Waals surface area contributed by atoms with Crippen molar-refractivity contribution in [3.05, 3.63) is 40.4 Å². The van der Waals surface area contributed by atoms with Crippen molar-refractivity contribution in [3.8, 4) is 5.75 Å². The Kier molecular flexibility index (Phi) is 4.57. The number of hydrogen-bond acceptors (Lipinski definition) is 4. The first kappa shape index (κ1) is 14.3. The van der Waals surface area contributed by atoms with Crippen LogP contribution in [0.3, 0.4) is 0 Å². The number of aryl methyl sites for hydroxylation is 2. The van der Waals surface area contributed by atoms with E-state index in [0.717, 1.165) is 21.9 Å². The number of amides is 2. The Bertz CT molecular complexity index is 573. The van der Waals surface area contributed by atoms with Crippen LogP contribution in [0.15, 0.2) is 24.3 Å². The molecule has 0 saturated carbocycles. The fourth-order valence-electron chi connectivity index (χ4n) is 1.59. The molecule has 106 valence electrons. The second kappa shape index (κ2) is 6.38. The lowest BCUT2D eigenvalue weighted by molar-refractivity contribution is 0.251. The Morgan fingerprint density at radius 2 is 2.00 bits per heavy atom. The number of methoxy groups -OCH3 is 1. The van der Waals surface area contributed by atoms with Crippen molar-refractivity contribution in [2.45, 2.75) is 20.4 Å². The standard InChI is InChI=1S/C14H17N3O2S/c1-9-10(2)20-14(16-9)17-13(18)15-8-11-4-6-12(19-3)7-5-11/h4-7H,8H2,1-3H3,(H2,15,16,17,18). The summed E-state index contributed by atoms with van der Waals surface area (Å²) in [5.74, 6) is 0.798. The molecule has 20 heavy (non-hydrogen) atoms. The molecule has 2 rings (SSSR count). The zero-order valence-corrected chi connectivity index (χ0v) is 12.5. The van der Waals surface area contributed by atoms with Crippen LogP contribution in [0.5, 0.6) is 5.75 Å². The quantitative estimate of drug-likeness (QED) is 0.910. The van der Waals surface area contributed by atoms with Crippen LogP contribution in [0.4, 0.5) is 9.93 Å². The van der Waals surface area contributed by atoms with Gasteiger partial charge in [-0.15, -0.1) is 11.3 Å². The van der Waals surface area contributed by atoms with Gasteiger partial charge in [0.15, 0.2) is 5.13 Å². The summed E-state index contributed by atoms with van der Waals surface area (Å²) in [7, 11) is 1.62. The van der Waals surface area contributed by atoms with Crippen LogP contribution in [-0.2, 0) is 6.54 Å². The molecule has 2 N–H and O–H groups in total. The lowest BCUT2D eigenvalue weighted by atomic mass is 10.2. The third-order valence-corrected chi connectivity index (χ3v) is 3.85. The third-order valence-electron chi connectivity index (χ3n) is 2.86. The Morgan fingerprint density at radius 3 is 2.55 bits per heavy atom. The van der Waals surface area contributed by atoms with E-state index in [1.807, 2.05) is 38.1 Å². The molecule has 2 amide bonds. The summed E-state index contributed by atoms with van der Waals surface area (Å²) in [6.45, 7) is 4.36. The maximum atomic E-state index is 11.7. The number of rotatable bonds is 4. The number of thiazole rings is 1. The van der Waals surface area contributed by atoms with Gasteiger partial charge in [0.05, 0.1) is 12.8 Å². The van der Waals surface area contributed by atoms with Crippen molar-refractivity contribution >= 4 is 22.5 Å². The van der Waals surface area contributed by atoms with E-state index >= 15 is 0 Å². The minimum absolute atomic E-state index is 0.255. The maximum Gasteiger partial charge on any atom is 0.321 e. The van der Waals surface area contributed by atoms with Gasteiger partial charge in [-0.25, -0.2) is 9.78 Å². The average molecular weight is 291 g/mol. The molecule has 1 aromatic heterocycles. The highest BCUT2D eigenvalue weighted by Gasteiger charge is 2.07. The van der Waals surface area contributed by atoms with Gasteiger partial charge in [0, 0.05) is 11.4 Å². The highest BCUT2D eigenvalue weighted by atomic mass is 32.1. The van der Waals surface area contributed by atoms with Crippen molar-refractivity contribution in [2.75, 3.05) is 12.4 Å². The van der Waals surface area contributed by atoms with Crippen LogP contribution >= 0.6 is 11.3 Å². The van der Waals surface area contributed by atoms with Gasteiger partial charge in [0.25, 0.3) is 0 Å². The Balaban J connectivity index is 1.85. The number of nitrogens with one attached hydrogen (secondary N) is 2. The highest BCUT2D eigenvalue weighted by Crippen LogP contribution is 2.20. The van der Waals surface area contributed by atoms with Crippen LogP contribution in [0, 0.1) is 13.8 Å². The molecule has 0 radical (unpaired) electrons. The monoisotopic (exact) mass is 291 g/mol. The first-order valence-electron chi connectivity index (χ1n) is 6.20. The highest BCUT2D eigenvalue weighted by molar-refractivity contribution is 7.15. The zero-order valence-electron chi connectivity index (χ0n) is 11.7. The minimum atomic E-state index is -0.255. The average Bonchev–Trinajstić information content (AvgIpc) is 2.75. The van der Waals surface area contributed by atoms with E-state index in [2.05, 4.69) is 15.6 Å². The number of benzene rings is 1. The Morgan fingerprint density at radius 1 is 1.30 bits per heavy atom. The molecule has 0 saturated heterocycles. The van der Waals surface area contributed by atoms with Gasteiger partial charge in [-0.2, -0.15) is 0 Å². The number of hydrogen-bond donors (Lipinski definition) is 2. The van der Waals surface area contributed by atoms with Gasteiger partial charge in [0.2, 0.25) is 0 Å². The van der Waals surface area contributed by atoms with E-state index in [4.69, 9.17) is 4.74 Å². The third kappa shape index (κ3) is 3.71. The summed E-state index contributed by atoms with van der Waals surface area (Å²) in [6, 6.07) is 7.30. The summed E-state index contributed by atoms with van der Waals surface area (Å²) >= 11 is 1.47. The summed E-state index contributed by atoms with van der Waals surface area (Å²) in [5.41, 5.74) is 1.95. The molecule has 1 heterocycles. The van der Waals surface area contributed by atoms with E-state index < -0.39 is 0 Å². The number of ether oxygens (including phenoxy) is 1. The van der Waals surface area contributed by atoms with E-state index in [0.29, 0.717) is 11.7 Å². The van der Waals surface area contributed by atoms with E-state index in [9.17, 15) is 4.79 Å². The van der Waals surface area contributed by atoms with Gasteiger partial charge in [-0.1, -0.05) is 12.1 Å². The number of aromatic nitrogens is 1. The molecule has 1 aromatic carbocycles. The molecule has 2 aromatic rings. The normalized spacial score (nSPS) is 10.2. The molecule has 0 aliphatic carbocycles. The number of anilines is 1. The van der Waals surface area contributed by atoms with Crippen LogP contribution in [0.25, 0.3) is 0 Å². The molecular formula is C14H17N3O2S. The van der Waals surface area contributed by atoms with Gasteiger partial charge in [0.1, 0.15) is 5.75 Å².